The van der Waals surface area contributed by atoms with Gasteiger partial charge in [0.15, 0.2) is 5.84 Å². The third-order valence-corrected chi connectivity index (χ3v) is 3.37. The third-order valence-electron chi connectivity index (χ3n) is 2.12. The van der Waals surface area contributed by atoms with E-state index in [-0.39, 0.29) is 18.2 Å². The molecule has 0 saturated carbocycles. The summed E-state index contributed by atoms with van der Waals surface area (Å²) in [5.41, 5.74) is 6.28. The number of ether oxygens (including phenoxy) is 1. The Labute approximate surface area is 105 Å². The molecule has 0 heterocycles. The molecule has 0 aliphatic carbocycles. The number of hydrogen-bond donors (Lipinski definition) is 3. The van der Waals surface area contributed by atoms with Crippen molar-refractivity contribution < 1.29 is 18.4 Å². The molecule has 0 aromatic heterocycles. The normalized spacial score (nSPS) is 12.4. The van der Waals surface area contributed by atoms with E-state index in [1.54, 1.807) is 12.1 Å². The average molecular weight is 273 g/mol. The summed E-state index contributed by atoms with van der Waals surface area (Å²) in [6, 6.07) is 6.14. The lowest BCUT2D eigenvalue weighted by Gasteiger charge is -2.08. The van der Waals surface area contributed by atoms with Crippen LogP contribution in [0.5, 0.6) is 0 Å². The van der Waals surface area contributed by atoms with Crippen molar-refractivity contribution in [2.24, 2.45) is 10.9 Å². The van der Waals surface area contributed by atoms with Crippen molar-refractivity contribution in [1.29, 1.82) is 0 Å². The molecule has 1 rings (SSSR count). The van der Waals surface area contributed by atoms with Gasteiger partial charge in [0, 0.05) is 18.4 Å². The number of hydrogen-bond acceptors (Lipinski definition) is 5. The molecule has 0 spiro atoms. The summed E-state index contributed by atoms with van der Waals surface area (Å²) in [6.07, 6.45) is 0. The first-order chi connectivity index (χ1) is 8.48. The van der Waals surface area contributed by atoms with Crippen molar-refractivity contribution in [3.63, 3.8) is 0 Å². The number of sulfonamides is 1. The molecule has 0 atom stereocenters. The van der Waals surface area contributed by atoms with Crippen LogP contribution in [0, 0.1) is 0 Å². The standard InChI is InChI=1S/C10H15N3O4S/c1-17-6-7-18(15,16)13-9-4-2-8(3-5-9)10(11)12-14/h2-5,13-14H,6-7H2,1H3,(H2,11,12). The van der Waals surface area contributed by atoms with Crippen LogP contribution in [-0.2, 0) is 14.8 Å². The van der Waals surface area contributed by atoms with E-state index in [4.69, 9.17) is 15.7 Å². The molecule has 0 fully saturated rings. The summed E-state index contributed by atoms with van der Waals surface area (Å²) in [6.45, 7) is 0.123. The summed E-state index contributed by atoms with van der Waals surface area (Å²) in [7, 11) is -1.99. The van der Waals surface area contributed by atoms with Gasteiger partial charge in [0.1, 0.15) is 0 Å². The number of nitrogens with two attached hydrogens (primary N) is 1. The van der Waals surface area contributed by atoms with Crippen LogP contribution in [0.4, 0.5) is 5.69 Å². The maximum atomic E-state index is 11.6. The van der Waals surface area contributed by atoms with Crippen molar-refractivity contribution in [1.82, 2.24) is 0 Å². The Morgan fingerprint density at radius 2 is 2.06 bits per heavy atom. The highest BCUT2D eigenvalue weighted by atomic mass is 32.2. The molecular weight excluding hydrogens is 258 g/mol. The lowest BCUT2D eigenvalue weighted by molar-refractivity contribution is 0.217. The second kappa shape index (κ2) is 6.22. The van der Waals surface area contributed by atoms with E-state index in [0.29, 0.717) is 11.3 Å². The van der Waals surface area contributed by atoms with E-state index in [1.807, 2.05) is 0 Å². The zero-order chi connectivity index (χ0) is 13.6. The summed E-state index contributed by atoms with van der Waals surface area (Å²) >= 11 is 0. The molecule has 0 radical (unpaired) electrons. The van der Waals surface area contributed by atoms with E-state index in [0.717, 1.165) is 0 Å². The fourth-order valence-electron chi connectivity index (χ4n) is 1.19. The van der Waals surface area contributed by atoms with Crippen LogP contribution in [0.3, 0.4) is 0 Å². The summed E-state index contributed by atoms with van der Waals surface area (Å²) in [5.74, 6) is -0.158. The Balaban J connectivity index is 2.75. The molecule has 18 heavy (non-hydrogen) atoms. The number of amidine groups is 1. The van der Waals surface area contributed by atoms with Crippen LogP contribution in [0.25, 0.3) is 0 Å². The number of nitrogens with zero attached hydrogens (tertiary/aromatic N) is 1. The van der Waals surface area contributed by atoms with Crippen molar-refractivity contribution in [2.75, 3.05) is 24.2 Å². The van der Waals surface area contributed by atoms with E-state index < -0.39 is 10.0 Å². The van der Waals surface area contributed by atoms with E-state index in [1.165, 1.54) is 19.2 Å². The van der Waals surface area contributed by atoms with Crippen LogP contribution in [0.2, 0.25) is 0 Å². The zero-order valence-corrected chi connectivity index (χ0v) is 10.6. The Bertz CT molecular complexity index is 510. The van der Waals surface area contributed by atoms with Crippen LogP contribution < -0.4 is 10.5 Å². The summed E-state index contributed by atoms with van der Waals surface area (Å²) in [4.78, 5) is 0. The molecule has 0 unspecified atom stereocenters. The van der Waals surface area contributed by atoms with E-state index in [9.17, 15) is 8.42 Å². The minimum Gasteiger partial charge on any atom is -0.409 e. The molecule has 100 valence electrons. The SMILES string of the molecule is COCCS(=O)(=O)Nc1ccc(/C(N)=N/O)cc1. The quantitative estimate of drug-likeness (QED) is 0.296. The fourth-order valence-corrected chi connectivity index (χ4v) is 2.17. The first kappa shape index (κ1) is 14.3. The predicted molar refractivity (Wildman–Crippen MR) is 68.2 cm³/mol. The Morgan fingerprint density at radius 1 is 1.44 bits per heavy atom. The summed E-state index contributed by atoms with van der Waals surface area (Å²) < 4.78 is 30.2. The molecule has 0 aliphatic heterocycles. The van der Waals surface area contributed by atoms with Crippen molar-refractivity contribution in [3.05, 3.63) is 29.8 Å². The number of nitrogens with one attached hydrogen (secondary N) is 1. The van der Waals surface area contributed by atoms with Gasteiger partial charge in [-0.25, -0.2) is 8.42 Å². The van der Waals surface area contributed by atoms with Gasteiger partial charge >= 0.3 is 0 Å². The molecule has 0 bridgehead atoms. The van der Waals surface area contributed by atoms with Gasteiger partial charge in [0.05, 0.1) is 12.4 Å². The molecule has 1 aromatic rings. The van der Waals surface area contributed by atoms with Gasteiger partial charge in [0.2, 0.25) is 10.0 Å². The highest BCUT2D eigenvalue weighted by Gasteiger charge is 2.10. The molecule has 0 aliphatic rings. The molecule has 1 aromatic carbocycles. The van der Waals surface area contributed by atoms with E-state index >= 15 is 0 Å². The van der Waals surface area contributed by atoms with Gasteiger partial charge in [-0.05, 0) is 24.3 Å². The number of benzene rings is 1. The number of methoxy groups -OCH3 is 1. The minimum atomic E-state index is -3.42. The lowest BCUT2D eigenvalue weighted by Crippen LogP contribution is -2.20. The topological polar surface area (TPSA) is 114 Å². The first-order valence-electron chi connectivity index (χ1n) is 5.06. The molecule has 0 amide bonds. The van der Waals surface area contributed by atoms with Crippen molar-refractivity contribution >= 4 is 21.5 Å². The number of rotatable bonds is 6. The second-order valence-corrected chi connectivity index (χ2v) is 5.32. The van der Waals surface area contributed by atoms with Gasteiger partial charge in [-0.1, -0.05) is 5.16 Å². The van der Waals surface area contributed by atoms with Crippen LogP contribution >= 0.6 is 0 Å². The molecule has 7 nitrogen and oxygen atoms in total. The first-order valence-corrected chi connectivity index (χ1v) is 6.71. The van der Waals surface area contributed by atoms with Gasteiger partial charge in [-0.3, -0.25) is 4.72 Å². The maximum absolute atomic E-state index is 11.6. The molecular formula is C10H15N3O4S. The highest BCUT2D eigenvalue weighted by molar-refractivity contribution is 7.92. The maximum Gasteiger partial charge on any atom is 0.234 e. The smallest absolute Gasteiger partial charge is 0.234 e. The Morgan fingerprint density at radius 3 is 2.56 bits per heavy atom. The Kier molecular flexibility index (Phi) is 4.93. The van der Waals surface area contributed by atoms with Crippen molar-refractivity contribution in [3.8, 4) is 0 Å². The van der Waals surface area contributed by atoms with Gasteiger partial charge in [-0.15, -0.1) is 0 Å². The molecule has 0 saturated heterocycles. The molecule has 4 N–H and O–H groups in total. The second-order valence-electron chi connectivity index (χ2n) is 3.48. The zero-order valence-electron chi connectivity index (χ0n) is 9.83. The lowest BCUT2D eigenvalue weighted by atomic mass is 10.2. The summed E-state index contributed by atoms with van der Waals surface area (Å²) in [5, 5.41) is 11.3. The van der Waals surface area contributed by atoms with Gasteiger partial charge in [-0.2, -0.15) is 0 Å². The third kappa shape index (κ3) is 4.22. The van der Waals surface area contributed by atoms with Gasteiger partial charge < -0.3 is 15.7 Å². The minimum absolute atomic E-state index is 0.0382. The average Bonchev–Trinajstić information content (AvgIpc) is 2.36. The van der Waals surface area contributed by atoms with Crippen LogP contribution in [-0.4, -0.2) is 38.9 Å². The van der Waals surface area contributed by atoms with Crippen molar-refractivity contribution in [2.45, 2.75) is 0 Å². The van der Waals surface area contributed by atoms with Crippen LogP contribution in [0.15, 0.2) is 29.4 Å². The number of anilines is 1. The van der Waals surface area contributed by atoms with E-state index in [2.05, 4.69) is 9.88 Å². The highest BCUT2D eigenvalue weighted by Crippen LogP contribution is 2.11. The number of oxime groups is 1. The van der Waals surface area contributed by atoms with Crippen LogP contribution in [0.1, 0.15) is 5.56 Å². The predicted octanol–water partition coefficient (Wildman–Crippen LogP) is 0.169. The monoisotopic (exact) mass is 273 g/mol. The Hall–Kier alpha value is -1.80. The largest absolute Gasteiger partial charge is 0.409 e. The fraction of sp³-hybridized carbons (Fsp3) is 0.300. The molecule has 8 heteroatoms. The van der Waals surface area contributed by atoms with Gasteiger partial charge in [0.25, 0.3) is 0 Å².